The minimum absolute atomic E-state index is 0.0257. The Morgan fingerprint density at radius 1 is 1.00 bits per heavy atom. The van der Waals surface area contributed by atoms with Crippen LogP contribution < -0.4 is 5.32 Å². The number of aromatic amines is 2. The zero-order valence-corrected chi connectivity index (χ0v) is 26.2. The first-order valence-electron chi connectivity index (χ1n) is 15.2. The number of aromatic nitrogens is 7. The van der Waals surface area contributed by atoms with Crippen LogP contribution in [0.5, 0.6) is 0 Å². The quantitative estimate of drug-likeness (QED) is 0.180. The molecule has 0 spiro atoms. The Morgan fingerprint density at radius 2 is 1.83 bits per heavy atom. The molecule has 0 bridgehead atoms. The third kappa shape index (κ3) is 6.32. The molecule has 14 heteroatoms. The number of amides is 1. The number of aryl methyl sites for hydroxylation is 1. The number of pyridine rings is 3. The van der Waals surface area contributed by atoms with Crippen molar-refractivity contribution in [3.8, 4) is 33.9 Å². The average molecular weight is 657 g/mol. The van der Waals surface area contributed by atoms with Gasteiger partial charge in [-0.15, -0.1) is 0 Å². The molecule has 1 fully saturated rings. The number of halogens is 2. The largest absolute Gasteiger partial charge is 0.335 e. The zero-order chi connectivity index (χ0) is 32.7. The van der Waals surface area contributed by atoms with Gasteiger partial charge in [-0.25, -0.2) is 27.2 Å². The van der Waals surface area contributed by atoms with Gasteiger partial charge in [0.05, 0.1) is 40.3 Å². The number of sulfone groups is 1. The molecule has 1 aromatic carbocycles. The van der Waals surface area contributed by atoms with E-state index in [1.807, 2.05) is 0 Å². The molecule has 47 heavy (non-hydrogen) atoms. The van der Waals surface area contributed by atoms with Gasteiger partial charge in [0.25, 0.3) is 0 Å². The summed E-state index contributed by atoms with van der Waals surface area (Å²) in [5, 5.41) is 10.2. The SMILES string of the molecule is CS(=O)(=O)CCc1cc(F)cc(-c2ccnc3nc(-c4n[nH]c5cnc(-c6cncc(NC(=O)C7CCCCC7)c6)c(F)c45)[nH]c23)c1. The van der Waals surface area contributed by atoms with Crippen LogP contribution in [0.25, 0.3) is 56.0 Å². The predicted molar refractivity (Wildman–Crippen MR) is 174 cm³/mol. The van der Waals surface area contributed by atoms with Gasteiger partial charge in [-0.2, -0.15) is 5.10 Å². The number of fused-ring (bicyclic) bond motifs is 2. The number of hydrogen-bond acceptors (Lipinski definition) is 8. The lowest BCUT2D eigenvalue weighted by atomic mass is 9.88. The fourth-order valence-electron chi connectivity index (χ4n) is 6.11. The fourth-order valence-corrected chi connectivity index (χ4v) is 6.72. The van der Waals surface area contributed by atoms with Gasteiger partial charge in [-0.3, -0.25) is 19.9 Å². The van der Waals surface area contributed by atoms with Crippen molar-refractivity contribution in [1.29, 1.82) is 0 Å². The molecule has 1 aliphatic rings. The number of nitrogens with zero attached hydrogens (tertiary/aromatic N) is 5. The normalized spacial score (nSPS) is 14.2. The van der Waals surface area contributed by atoms with Crippen molar-refractivity contribution in [2.45, 2.75) is 38.5 Å². The van der Waals surface area contributed by atoms with Gasteiger partial charge < -0.3 is 10.3 Å². The molecule has 1 saturated carbocycles. The molecule has 0 aliphatic heterocycles. The second-order valence-electron chi connectivity index (χ2n) is 11.9. The van der Waals surface area contributed by atoms with E-state index < -0.39 is 21.5 Å². The number of H-pyrrole nitrogens is 2. The molecule has 11 nitrogen and oxygen atoms in total. The minimum Gasteiger partial charge on any atom is -0.335 e. The van der Waals surface area contributed by atoms with E-state index in [0.29, 0.717) is 44.6 Å². The van der Waals surface area contributed by atoms with Gasteiger partial charge in [-0.1, -0.05) is 25.3 Å². The number of carbonyl (C=O) groups is 1. The Kier molecular flexibility index (Phi) is 7.96. The highest BCUT2D eigenvalue weighted by Gasteiger charge is 2.24. The molecule has 0 radical (unpaired) electrons. The lowest BCUT2D eigenvalue weighted by molar-refractivity contribution is -0.120. The first-order valence-corrected chi connectivity index (χ1v) is 17.3. The molecule has 1 aliphatic carbocycles. The highest BCUT2D eigenvalue weighted by Crippen LogP contribution is 2.35. The summed E-state index contributed by atoms with van der Waals surface area (Å²) >= 11 is 0. The molecule has 5 aromatic heterocycles. The molecule has 3 N–H and O–H groups in total. The first-order chi connectivity index (χ1) is 22.6. The van der Waals surface area contributed by atoms with E-state index in [4.69, 9.17) is 0 Å². The Labute approximate surface area is 268 Å². The standard InChI is InChI=1S/C33H30F2N8O3S/c1-47(45,46)10-8-18-11-20(13-22(34)12-18)24-7-9-37-31-29(24)40-32(41-31)30-26-25(42-43-30)17-38-28(27(26)35)21-14-23(16-36-15-21)39-33(44)19-5-3-2-4-6-19/h7,9,11-17,19H,2-6,8,10H2,1H3,(H,39,44)(H,42,43)(H,37,40,41). The summed E-state index contributed by atoms with van der Waals surface area (Å²) in [5.74, 6) is -1.16. The Hall–Kier alpha value is -5.11. The van der Waals surface area contributed by atoms with Gasteiger partial charge in [0.15, 0.2) is 17.3 Å². The number of rotatable bonds is 8. The van der Waals surface area contributed by atoms with Crippen LogP contribution in [0, 0.1) is 17.6 Å². The van der Waals surface area contributed by atoms with E-state index in [1.165, 1.54) is 36.9 Å². The van der Waals surface area contributed by atoms with Gasteiger partial charge in [-0.05, 0) is 54.7 Å². The second kappa shape index (κ2) is 12.2. The Bertz CT molecular complexity index is 2260. The molecule has 0 saturated heterocycles. The van der Waals surface area contributed by atoms with Crippen molar-refractivity contribution in [2.75, 3.05) is 17.3 Å². The second-order valence-corrected chi connectivity index (χ2v) is 14.2. The molecular formula is C33H30F2N8O3S. The number of hydrogen-bond donors (Lipinski definition) is 3. The summed E-state index contributed by atoms with van der Waals surface area (Å²) in [7, 11) is -3.24. The third-order valence-electron chi connectivity index (χ3n) is 8.45. The first kappa shape index (κ1) is 30.5. The number of nitrogens with one attached hydrogen (secondary N) is 3. The monoisotopic (exact) mass is 656 g/mol. The highest BCUT2D eigenvalue weighted by atomic mass is 32.2. The summed E-state index contributed by atoms with van der Waals surface area (Å²) in [6, 6.07) is 7.72. The van der Waals surface area contributed by atoms with E-state index in [1.54, 1.807) is 18.2 Å². The van der Waals surface area contributed by atoms with E-state index >= 15 is 4.39 Å². The van der Waals surface area contributed by atoms with Crippen LogP contribution in [0.2, 0.25) is 0 Å². The molecule has 5 heterocycles. The van der Waals surface area contributed by atoms with Gasteiger partial charge in [0.1, 0.15) is 27.0 Å². The summed E-state index contributed by atoms with van der Waals surface area (Å²) in [4.78, 5) is 33.5. The number of anilines is 1. The van der Waals surface area contributed by atoms with Crippen LogP contribution in [0.15, 0.2) is 55.1 Å². The lowest BCUT2D eigenvalue weighted by Crippen LogP contribution is -2.24. The number of benzene rings is 1. The lowest BCUT2D eigenvalue weighted by Gasteiger charge is -2.20. The van der Waals surface area contributed by atoms with Crippen LogP contribution in [0.3, 0.4) is 0 Å². The van der Waals surface area contributed by atoms with E-state index in [0.717, 1.165) is 38.4 Å². The molecule has 0 atom stereocenters. The smallest absolute Gasteiger partial charge is 0.227 e. The Morgan fingerprint density at radius 3 is 2.64 bits per heavy atom. The maximum Gasteiger partial charge on any atom is 0.227 e. The van der Waals surface area contributed by atoms with Crippen molar-refractivity contribution in [3.05, 3.63) is 72.3 Å². The molecule has 0 unspecified atom stereocenters. The van der Waals surface area contributed by atoms with Crippen LogP contribution >= 0.6 is 0 Å². The van der Waals surface area contributed by atoms with Crippen LogP contribution in [-0.4, -0.2) is 61.5 Å². The topological polar surface area (TPSA) is 159 Å². The fraction of sp³-hybridized carbons (Fsp3) is 0.273. The summed E-state index contributed by atoms with van der Waals surface area (Å²) in [6.07, 6.45) is 12.2. The van der Waals surface area contributed by atoms with Crippen LogP contribution in [-0.2, 0) is 21.1 Å². The van der Waals surface area contributed by atoms with Gasteiger partial charge in [0.2, 0.25) is 5.91 Å². The summed E-state index contributed by atoms with van der Waals surface area (Å²) < 4.78 is 54.3. The van der Waals surface area contributed by atoms with E-state index in [2.05, 4.69) is 40.4 Å². The van der Waals surface area contributed by atoms with Gasteiger partial charge >= 0.3 is 0 Å². The van der Waals surface area contributed by atoms with E-state index in [9.17, 15) is 17.6 Å². The van der Waals surface area contributed by atoms with Gasteiger partial charge in [0, 0.05) is 35.7 Å². The van der Waals surface area contributed by atoms with E-state index in [-0.39, 0.29) is 46.6 Å². The van der Waals surface area contributed by atoms with Crippen LogP contribution in [0.1, 0.15) is 37.7 Å². The Balaban J connectivity index is 1.24. The zero-order valence-electron chi connectivity index (χ0n) is 25.3. The minimum atomic E-state index is -3.24. The van der Waals surface area contributed by atoms with Crippen molar-refractivity contribution in [3.63, 3.8) is 0 Å². The highest BCUT2D eigenvalue weighted by molar-refractivity contribution is 7.90. The maximum absolute atomic E-state index is 16.3. The predicted octanol–water partition coefficient (Wildman–Crippen LogP) is 6.01. The maximum atomic E-state index is 16.3. The van der Waals surface area contributed by atoms with Crippen molar-refractivity contribution >= 4 is 43.5 Å². The van der Waals surface area contributed by atoms with Crippen molar-refractivity contribution in [2.24, 2.45) is 5.92 Å². The number of imidazole rings is 1. The summed E-state index contributed by atoms with van der Waals surface area (Å²) in [5.41, 5.74) is 3.77. The molecule has 6 aromatic rings. The van der Waals surface area contributed by atoms with Crippen LogP contribution in [0.4, 0.5) is 14.5 Å². The molecule has 240 valence electrons. The average Bonchev–Trinajstić information content (AvgIpc) is 3.69. The molecule has 1 amide bonds. The third-order valence-corrected chi connectivity index (χ3v) is 9.39. The summed E-state index contributed by atoms with van der Waals surface area (Å²) in [6.45, 7) is 0. The molecule has 7 rings (SSSR count). The number of carbonyl (C=O) groups excluding carboxylic acids is 1. The van der Waals surface area contributed by atoms with Crippen molar-refractivity contribution in [1.82, 2.24) is 35.1 Å². The van der Waals surface area contributed by atoms with Crippen molar-refractivity contribution < 1.29 is 22.0 Å². The molecular weight excluding hydrogens is 626 g/mol.